The summed E-state index contributed by atoms with van der Waals surface area (Å²) in [6.45, 7) is 4.59. The Kier molecular flexibility index (Phi) is 13.0. The lowest BCUT2D eigenvalue weighted by Crippen LogP contribution is -2.23. The van der Waals surface area contributed by atoms with Gasteiger partial charge in [0, 0.05) is 26.0 Å². The Labute approximate surface area is 124 Å². The second kappa shape index (κ2) is 13.6. The lowest BCUT2D eigenvalue weighted by atomic mass is 10.1. The molecular weight excluding hydrogens is 254 g/mol. The van der Waals surface area contributed by atoms with Crippen LogP contribution in [0.1, 0.15) is 58.3 Å². The summed E-state index contributed by atoms with van der Waals surface area (Å²) in [5, 5.41) is 8.63. The van der Waals surface area contributed by atoms with Crippen LogP contribution in [-0.4, -0.2) is 30.1 Å². The highest BCUT2D eigenvalue weighted by molar-refractivity contribution is 7.85. The molecule has 1 heterocycles. The largest absolute Gasteiger partial charge is 0.362 e. The van der Waals surface area contributed by atoms with Crippen molar-refractivity contribution in [2.24, 2.45) is 0 Å². The third-order valence-electron chi connectivity index (χ3n) is 3.24. The number of thiol groups is 1. The van der Waals surface area contributed by atoms with Crippen molar-refractivity contribution in [3.8, 4) is 5.40 Å². The number of hydrogen-bond acceptors (Lipinski definition) is 4. The molecule has 0 radical (unpaired) electrons. The Balaban J connectivity index is 0.000000982. The normalized spacial score (nSPS) is 13.2. The molecule has 1 rings (SSSR count). The SMILES string of the molecule is CCCCCCCCCCN1C=CN(C)C1.N#CS. The van der Waals surface area contributed by atoms with E-state index in [1.165, 1.54) is 63.3 Å². The summed E-state index contributed by atoms with van der Waals surface area (Å²) in [4.78, 5) is 4.63. The molecule has 0 saturated carbocycles. The lowest BCUT2D eigenvalue weighted by molar-refractivity contribution is 0.290. The molecule has 0 fully saturated rings. The van der Waals surface area contributed by atoms with Gasteiger partial charge >= 0.3 is 0 Å². The molecule has 0 N–H and O–H groups in total. The van der Waals surface area contributed by atoms with Crippen LogP contribution in [0.25, 0.3) is 0 Å². The molecule has 0 unspecified atom stereocenters. The number of nitriles is 1. The maximum Gasteiger partial charge on any atom is 0.130 e. The van der Waals surface area contributed by atoms with Crippen molar-refractivity contribution >= 4 is 12.6 Å². The standard InChI is InChI=1S/C14H28N2.CHNS/c1-3-4-5-6-7-8-9-10-11-16-13-12-15(2)14-16;2-1-3/h12-13H,3-11,14H2,1-2H3;3H. The minimum absolute atomic E-state index is 1.08. The number of unbranched alkanes of at least 4 members (excludes halogenated alkanes) is 7. The van der Waals surface area contributed by atoms with Crippen LogP contribution in [0.15, 0.2) is 12.4 Å². The van der Waals surface area contributed by atoms with Gasteiger partial charge in [0.25, 0.3) is 0 Å². The first-order valence-corrected chi connectivity index (χ1v) is 7.85. The minimum Gasteiger partial charge on any atom is -0.362 e. The number of rotatable bonds is 9. The van der Waals surface area contributed by atoms with Gasteiger partial charge in [-0.1, -0.05) is 64.5 Å². The van der Waals surface area contributed by atoms with Gasteiger partial charge in [0.2, 0.25) is 0 Å². The van der Waals surface area contributed by atoms with Crippen molar-refractivity contribution in [2.45, 2.75) is 58.3 Å². The van der Waals surface area contributed by atoms with Crippen molar-refractivity contribution in [3.63, 3.8) is 0 Å². The summed E-state index contributed by atoms with van der Waals surface area (Å²) in [5.41, 5.74) is 0. The summed E-state index contributed by atoms with van der Waals surface area (Å²) < 4.78 is 0. The van der Waals surface area contributed by atoms with Crippen LogP contribution < -0.4 is 0 Å². The number of thiocyanates is 1. The molecule has 0 saturated heterocycles. The van der Waals surface area contributed by atoms with E-state index in [9.17, 15) is 0 Å². The van der Waals surface area contributed by atoms with Crippen molar-refractivity contribution in [1.82, 2.24) is 9.80 Å². The zero-order valence-corrected chi connectivity index (χ0v) is 13.4. The van der Waals surface area contributed by atoms with E-state index in [0.717, 1.165) is 6.67 Å². The van der Waals surface area contributed by atoms with Gasteiger partial charge in [-0.2, -0.15) is 5.26 Å². The number of nitrogens with zero attached hydrogens (tertiary/aromatic N) is 3. The van der Waals surface area contributed by atoms with Crippen LogP contribution in [0.2, 0.25) is 0 Å². The molecule has 0 bridgehead atoms. The summed E-state index contributed by atoms with van der Waals surface area (Å²) in [7, 11) is 2.13. The van der Waals surface area contributed by atoms with Crippen LogP contribution in [0.4, 0.5) is 0 Å². The quantitative estimate of drug-likeness (QED) is 0.391. The first kappa shape index (κ1) is 18.2. The smallest absolute Gasteiger partial charge is 0.130 e. The van der Waals surface area contributed by atoms with Crippen molar-refractivity contribution in [2.75, 3.05) is 20.3 Å². The highest BCUT2D eigenvalue weighted by atomic mass is 32.1. The fraction of sp³-hybridized carbons (Fsp3) is 0.800. The van der Waals surface area contributed by atoms with Gasteiger partial charge in [-0.05, 0) is 6.42 Å². The van der Waals surface area contributed by atoms with Crippen LogP contribution in [0, 0.1) is 10.7 Å². The topological polar surface area (TPSA) is 30.3 Å². The Hall–Kier alpha value is -0.820. The Morgan fingerprint density at radius 3 is 2.05 bits per heavy atom. The Bertz CT molecular complexity index is 261. The zero-order valence-electron chi connectivity index (χ0n) is 12.5. The Morgan fingerprint density at radius 1 is 1.05 bits per heavy atom. The average molecular weight is 283 g/mol. The predicted molar refractivity (Wildman–Crippen MR) is 85.7 cm³/mol. The van der Waals surface area contributed by atoms with Crippen molar-refractivity contribution < 1.29 is 0 Å². The van der Waals surface area contributed by atoms with Crippen LogP contribution in [-0.2, 0) is 0 Å². The van der Waals surface area contributed by atoms with E-state index < -0.39 is 0 Å². The second-order valence-electron chi connectivity index (χ2n) is 5.08. The van der Waals surface area contributed by atoms with Crippen LogP contribution in [0.5, 0.6) is 0 Å². The molecule has 0 aliphatic carbocycles. The first-order valence-electron chi connectivity index (χ1n) is 7.40. The molecule has 0 aromatic rings. The zero-order chi connectivity index (χ0) is 14.3. The highest BCUT2D eigenvalue weighted by Crippen LogP contribution is 2.10. The highest BCUT2D eigenvalue weighted by Gasteiger charge is 2.06. The summed E-state index contributed by atoms with van der Waals surface area (Å²) in [6, 6.07) is 0. The van der Waals surface area contributed by atoms with Gasteiger partial charge in [0.15, 0.2) is 0 Å². The third kappa shape index (κ3) is 12.0. The molecule has 1 aliphatic rings. The molecule has 0 aromatic carbocycles. The van der Waals surface area contributed by atoms with E-state index in [-0.39, 0.29) is 0 Å². The molecule has 110 valence electrons. The van der Waals surface area contributed by atoms with E-state index in [1.54, 1.807) is 0 Å². The Morgan fingerprint density at radius 2 is 1.58 bits per heavy atom. The van der Waals surface area contributed by atoms with Crippen LogP contribution >= 0.6 is 12.6 Å². The molecule has 0 aromatic heterocycles. The molecule has 0 spiro atoms. The molecule has 3 nitrogen and oxygen atoms in total. The van der Waals surface area contributed by atoms with Gasteiger partial charge in [0.05, 0.1) is 6.67 Å². The van der Waals surface area contributed by atoms with E-state index in [1.807, 2.05) is 0 Å². The summed E-state index contributed by atoms with van der Waals surface area (Å²) >= 11 is 3.09. The fourth-order valence-corrected chi connectivity index (χ4v) is 2.18. The molecule has 0 atom stereocenters. The summed E-state index contributed by atoms with van der Waals surface area (Å²) in [6.07, 6.45) is 15.7. The number of hydrogen-bond donors (Lipinski definition) is 1. The monoisotopic (exact) mass is 283 g/mol. The van der Waals surface area contributed by atoms with E-state index in [4.69, 9.17) is 5.26 Å². The van der Waals surface area contributed by atoms with Gasteiger partial charge in [-0.3, -0.25) is 0 Å². The van der Waals surface area contributed by atoms with Crippen LogP contribution in [0.3, 0.4) is 0 Å². The van der Waals surface area contributed by atoms with E-state index in [0.29, 0.717) is 0 Å². The molecule has 0 amide bonds. The fourth-order valence-electron chi connectivity index (χ4n) is 2.18. The first-order chi connectivity index (χ1) is 9.24. The van der Waals surface area contributed by atoms with E-state index in [2.05, 4.69) is 48.8 Å². The molecule has 19 heavy (non-hydrogen) atoms. The maximum absolute atomic E-state index is 7.18. The third-order valence-corrected chi connectivity index (χ3v) is 3.24. The van der Waals surface area contributed by atoms with Gasteiger partial charge in [0.1, 0.15) is 5.40 Å². The molecule has 4 heteroatoms. The van der Waals surface area contributed by atoms with Gasteiger partial charge < -0.3 is 9.80 Å². The van der Waals surface area contributed by atoms with Crippen molar-refractivity contribution in [3.05, 3.63) is 12.4 Å². The minimum atomic E-state index is 1.08. The predicted octanol–water partition coefficient (Wildman–Crippen LogP) is 4.20. The molecular formula is C15H29N3S. The van der Waals surface area contributed by atoms with Gasteiger partial charge in [-0.15, -0.1) is 0 Å². The van der Waals surface area contributed by atoms with Gasteiger partial charge in [-0.25, -0.2) is 0 Å². The maximum atomic E-state index is 7.18. The van der Waals surface area contributed by atoms with Crippen molar-refractivity contribution in [1.29, 1.82) is 5.26 Å². The van der Waals surface area contributed by atoms with E-state index >= 15 is 0 Å². The molecule has 1 aliphatic heterocycles. The summed E-state index contributed by atoms with van der Waals surface area (Å²) in [5.74, 6) is 0. The average Bonchev–Trinajstić information content (AvgIpc) is 2.79. The second-order valence-corrected chi connectivity index (χ2v) is 5.28. The lowest BCUT2D eigenvalue weighted by Gasteiger charge is -2.17.